The van der Waals surface area contributed by atoms with Gasteiger partial charge in [-0.25, -0.2) is 0 Å². The Labute approximate surface area is 93.7 Å². The molecule has 0 aromatic heterocycles. The molecule has 0 aliphatic carbocycles. The SMILES string of the molecule is CCCCCCC#Cc1cccc(C)c1. The van der Waals surface area contributed by atoms with Gasteiger partial charge in [-0.1, -0.05) is 50.2 Å². The highest BCUT2D eigenvalue weighted by Crippen LogP contribution is 2.03. The van der Waals surface area contributed by atoms with Gasteiger partial charge in [0, 0.05) is 12.0 Å². The van der Waals surface area contributed by atoms with Crippen molar-refractivity contribution in [1.82, 2.24) is 0 Å². The number of hydrogen-bond donors (Lipinski definition) is 0. The van der Waals surface area contributed by atoms with E-state index in [0.29, 0.717) is 0 Å². The third-order valence-corrected chi connectivity index (χ3v) is 2.41. The molecule has 0 bridgehead atoms. The molecule has 0 aliphatic heterocycles. The highest BCUT2D eigenvalue weighted by atomic mass is 13.9. The summed E-state index contributed by atoms with van der Waals surface area (Å²) in [6, 6.07) is 8.38. The molecule has 0 atom stereocenters. The predicted octanol–water partition coefficient (Wildman–Crippen LogP) is 4.32. The molecule has 0 saturated carbocycles. The lowest BCUT2D eigenvalue weighted by atomic mass is 10.1. The van der Waals surface area contributed by atoms with Crippen LogP contribution in [0.3, 0.4) is 0 Å². The van der Waals surface area contributed by atoms with Gasteiger partial charge in [-0.15, -0.1) is 0 Å². The first kappa shape index (κ1) is 11.9. The van der Waals surface area contributed by atoms with Crippen molar-refractivity contribution in [3.8, 4) is 11.8 Å². The van der Waals surface area contributed by atoms with Crippen molar-refractivity contribution in [1.29, 1.82) is 0 Å². The molecule has 0 spiro atoms. The maximum Gasteiger partial charge on any atom is 0.0247 e. The zero-order valence-corrected chi connectivity index (χ0v) is 9.84. The number of benzene rings is 1. The van der Waals surface area contributed by atoms with Crippen molar-refractivity contribution in [2.75, 3.05) is 0 Å². The Morgan fingerprint density at radius 2 is 2.00 bits per heavy atom. The fraction of sp³-hybridized carbons (Fsp3) is 0.467. The molecule has 1 aromatic carbocycles. The maximum atomic E-state index is 3.24. The van der Waals surface area contributed by atoms with Crippen LogP contribution in [0.4, 0.5) is 0 Å². The van der Waals surface area contributed by atoms with E-state index in [1.165, 1.54) is 31.2 Å². The minimum absolute atomic E-state index is 1.04. The average molecular weight is 200 g/mol. The van der Waals surface area contributed by atoms with Gasteiger partial charge in [0.05, 0.1) is 0 Å². The first-order chi connectivity index (χ1) is 7.33. The molecular formula is C15H20. The molecule has 0 saturated heterocycles. The van der Waals surface area contributed by atoms with Gasteiger partial charge in [0.1, 0.15) is 0 Å². The number of hydrogen-bond acceptors (Lipinski definition) is 0. The maximum absolute atomic E-state index is 3.24. The molecule has 0 heterocycles. The van der Waals surface area contributed by atoms with E-state index in [1.54, 1.807) is 0 Å². The summed E-state index contributed by atoms with van der Waals surface area (Å²) in [7, 11) is 0. The fourth-order valence-corrected chi connectivity index (χ4v) is 1.53. The highest BCUT2D eigenvalue weighted by molar-refractivity contribution is 5.36. The van der Waals surface area contributed by atoms with Crippen LogP contribution < -0.4 is 0 Å². The van der Waals surface area contributed by atoms with Crippen LogP contribution in [0.5, 0.6) is 0 Å². The van der Waals surface area contributed by atoms with E-state index < -0.39 is 0 Å². The second-order valence-corrected chi connectivity index (χ2v) is 3.98. The van der Waals surface area contributed by atoms with Crippen LogP contribution >= 0.6 is 0 Å². The van der Waals surface area contributed by atoms with E-state index in [4.69, 9.17) is 0 Å². The lowest BCUT2D eigenvalue weighted by Crippen LogP contribution is -1.77. The van der Waals surface area contributed by atoms with E-state index in [1.807, 2.05) is 0 Å². The van der Waals surface area contributed by atoms with Crippen LogP contribution in [-0.4, -0.2) is 0 Å². The van der Waals surface area contributed by atoms with Gasteiger partial charge >= 0.3 is 0 Å². The van der Waals surface area contributed by atoms with E-state index in [-0.39, 0.29) is 0 Å². The molecule has 15 heavy (non-hydrogen) atoms. The summed E-state index contributed by atoms with van der Waals surface area (Å²) in [6.45, 7) is 4.34. The summed E-state index contributed by atoms with van der Waals surface area (Å²) < 4.78 is 0. The van der Waals surface area contributed by atoms with Gasteiger partial charge in [0.15, 0.2) is 0 Å². The Morgan fingerprint density at radius 1 is 1.13 bits per heavy atom. The Bertz CT molecular complexity index is 339. The second kappa shape index (κ2) is 7.12. The Kier molecular flexibility index (Phi) is 5.63. The molecule has 1 rings (SSSR count). The summed E-state index contributed by atoms with van der Waals surface area (Å²) in [5, 5.41) is 0. The minimum Gasteiger partial charge on any atom is -0.0979 e. The largest absolute Gasteiger partial charge is 0.0979 e. The van der Waals surface area contributed by atoms with Gasteiger partial charge in [-0.05, 0) is 31.0 Å². The number of rotatable bonds is 4. The Morgan fingerprint density at radius 3 is 2.73 bits per heavy atom. The Hall–Kier alpha value is -1.22. The van der Waals surface area contributed by atoms with Crippen LogP contribution in [0.25, 0.3) is 0 Å². The third-order valence-electron chi connectivity index (χ3n) is 2.41. The summed E-state index contributed by atoms with van der Waals surface area (Å²) in [4.78, 5) is 0. The van der Waals surface area contributed by atoms with Crippen molar-refractivity contribution >= 4 is 0 Å². The van der Waals surface area contributed by atoms with Crippen LogP contribution in [0.2, 0.25) is 0 Å². The highest BCUT2D eigenvalue weighted by Gasteiger charge is 1.87. The monoisotopic (exact) mass is 200 g/mol. The second-order valence-electron chi connectivity index (χ2n) is 3.98. The first-order valence-corrected chi connectivity index (χ1v) is 5.88. The van der Waals surface area contributed by atoms with Gasteiger partial charge in [0.25, 0.3) is 0 Å². The van der Waals surface area contributed by atoms with E-state index in [2.05, 4.69) is 50.0 Å². The number of aryl methyl sites for hydroxylation is 1. The fourth-order valence-electron chi connectivity index (χ4n) is 1.53. The predicted molar refractivity (Wildman–Crippen MR) is 66.8 cm³/mol. The zero-order chi connectivity index (χ0) is 10.9. The van der Waals surface area contributed by atoms with Crippen molar-refractivity contribution in [3.63, 3.8) is 0 Å². The molecule has 0 nitrogen and oxygen atoms in total. The van der Waals surface area contributed by atoms with Crippen LogP contribution in [-0.2, 0) is 0 Å². The molecule has 0 fully saturated rings. The van der Waals surface area contributed by atoms with E-state index >= 15 is 0 Å². The molecule has 1 aromatic rings. The smallest absolute Gasteiger partial charge is 0.0247 e. The topological polar surface area (TPSA) is 0 Å². The van der Waals surface area contributed by atoms with Crippen molar-refractivity contribution in [3.05, 3.63) is 35.4 Å². The summed E-state index contributed by atoms with van der Waals surface area (Å²) in [6.07, 6.45) is 6.23. The molecular weight excluding hydrogens is 180 g/mol. The molecule has 0 aliphatic rings. The van der Waals surface area contributed by atoms with Crippen LogP contribution in [0.15, 0.2) is 24.3 Å². The van der Waals surface area contributed by atoms with Gasteiger partial charge < -0.3 is 0 Å². The quantitative estimate of drug-likeness (QED) is 0.501. The Balaban J connectivity index is 2.32. The summed E-state index contributed by atoms with van der Waals surface area (Å²) in [5.41, 5.74) is 2.43. The number of unbranched alkanes of at least 4 members (excludes halogenated alkanes) is 4. The van der Waals surface area contributed by atoms with Crippen molar-refractivity contribution in [2.24, 2.45) is 0 Å². The normalized spacial score (nSPS) is 9.47. The molecule has 0 N–H and O–H groups in total. The molecule has 0 amide bonds. The molecule has 0 heteroatoms. The molecule has 80 valence electrons. The van der Waals surface area contributed by atoms with E-state index in [0.717, 1.165) is 12.0 Å². The first-order valence-electron chi connectivity index (χ1n) is 5.88. The standard InChI is InChI=1S/C15H20/c1-3-4-5-6-7-8-11-15-12-9-10-14(2)13-15/h9-10,12-13H,3-7H2,1-2H3. The van der Waals surface area contributed by atoms with E-state index in [9.17, 15) is 0 Å². The molecule has 0 radical (unpaired) electrons. The van der Waals surface area contributed by atoms with Crippen LogP contribution in [0, 0.1) is 18.8 Å². The average Bonchev–Trinajstić information content (AvgIpc) is 2.23. The lowest BCUT2D eigenvalue weighted by molar-refractivity contribution is 0.679. The van der Waals surface area contributed by atoms with Crippen molar-refractivity contribution < 1.29 is 0 Å². The minimum atomic E-state index is 1.04. The van der Waals surface area contributed by atoms with Gasteiger partial charge in [-0.2, -0.15) is 0 Å². The van der Waals surface area contributed by atoms with Gasteiger partial charge in [0.2, 0.25) is 0 Å². The van der Waals surface area contributed by atoms with Crippen LogP contribution in [0.1, 0.15) is 50.2 Å². The lowest BCUT2D eigenvalue weighted by Gasteiger charge is -1.93. The molecule has 0 unspecified atom stereocenters. The summed E-state index contributed by atoms with van der Waals surface area (Å²) in [5.74, 6) is 6.45. The van der Waals surface area contributed by atoms with Gasteiger partial charge in [-0.3, -0.25) is 0 Å². The third kappa shape index (κ3) is 5.27. The zero-order valence-electron chi connectivity index (χ0n) is 9.84. The summed E-state index contributed by atoms with van der Waals surface area (Å²) >= 11 is 0. The van der Waals surface area contributed by atoms with Crippen molar-refractivity contribution in [2.45, 2.75) is 46.0 Å².